The van der Waals surface area contributed by atoms with Gasteiger partial charge in [0.05, 0.1) is 17.8 Å². The number of ether oxygens (including phenoxy) is 2. The summed E-state index contributed by atoms with van der Waals surface area (Å²) in [5.41, 5.74) is 1.48. The highest BCUT2D eigenvalue weighted by molar-refractivity contribution is 9.10. The second kappa shape index (κ2) is 7.72. The summed E-state index contributed by atoms with van der Waals surface area (Å²) < 4.78 is 11.8. The molecular formula is C15H12BrCl2NO3. The predicted molar refractivity (Wildman–Crippen MR) is 90.9 cm³/mol. The fourth-order valence-corrected chi connectivity index (χ4v) is 2.85. The Kier molecular flexibility index (Phi) is 5.94. The van der Waals surface area contributed by atoms with E-state index in [9.17, 15) is 0 Å². The van der Waals surface area contributed by atoms with Gasteiger partial charge in [-0.1, -0.05) is 34.4 Å². The van der Waals surface area contributed by atoms with Crippen molar-refractivity contribution in [2.24, 2.45) is 5.16 Å². The smallest absolute Gasteiger partial charge is 0.175 e. The highest BCUT2D eigenvalue weighted by atomic mass is 79.9. The van der Waals surface area contributed by atoms with Crippen LogP contribution in [-0.2, 0) is 6.61 Å². The Bertz CT molecular complexity index is 707. The fourth-order valence-electron chi connectivity index (χ4n) is 1.81. The second-order valence-corrected chi connectivity index (χ2v) is 6.00. The van der Waals surface area contributed by atoms with E-state index < -0.39 is 0 Å². The van der Waals surface area contributed by atoms with E-state index >= 15 is 0 Å². The molecule has 2 aromatic rings. The van der Waals surface area contributed by atoms with Gasteiger partial charge < -0.3 is 14.7 Å². The molecule has 0 atom stereocenters. The van der Waals surface area contributed by atoms with E-state index in [1.807, 2.05) is 0 Å². The Morgan fingerprint density at radius 3 is 2.68 bits per heavy atom. The Balaban J connectivity index is 2.25. The molecule has 0 aliphatic rings. The van der Waals surface area contributed by atoms with Crippen LogP contribution in [0.4, 0.5) is 0 Å². The molecule has 0 saturated heterocycles. The fraction of sp³-hybridized carbons (Fsp3) is 0.133. The molecule has 1 N–H and O–H groups in total. The van der Waals surface area contributed by atoms with Crippen molar-refractivity contribution in [3.05, 3.63) is 56.0 Å². The van der Waals surface area contributed by atoms with E-state index in [1.54, 1.807) is 30.3 Å². The SMILES string of the molecule is COc1cc(/C=N/O)cc(Br)c1OCc1ccc(Cl)cc1Cl. The molecule has 7 heteroatoms. The van der Waals surface area contributed by atoms with Crippen LogP contribution in [0.1, 0.15) is 11.1 Å². The quantitative estimate of drug-likeness (QED) is 0.425. The highest BCUT2D eigenvalue weighted by Crippen LogP contribution is 2.37. The molecule has 22 heavy (non-hydrogen) atoms. The Morgan fingerprint density at radius 1 is 1.27 bits per heavy atom. The lowest BCUT2D eigenvalue weighted by Crippen LogP contribution is -2.00. The van der Waals surface area contributed by atoms with Crippen LogP contribution in [-0.4, -0.2) is 18.5 Å². The van der Waals surface area contributed by atoms with Crippen LogP contribution in [0.25, 0.3) is 0 Å². The zero-order valence-corrected chi connectivity index (χ0v) is 14.6. The number of benzene rings is 2. The topological polar surface area (TPSA) is 51.0 Å². The van der Waals surface area contributed by atoms with Gasteiger partial charge in [0.1, 0.15) is 6.61 Å². The zero-order valence-electron chi connectivity index (χ0n) is 11.5. The largest absolute Gasteiger partial charge is 0.493 e. The van der Waals surface area contributed by atoms with Crippen molar-refractivity contribution in [2.75, 3.05) is 7.11 Å². The van der Waals surface area contributed by atoms with Gasteiger partial charge in [0, 0.05) is 21.2 Å². The van der Waals surface area contributed by atoms with Gasteiger partial charge >= 0.3 is 0 Å². The molecule has 116 valence electrons. The molecule has 0 fully saturated rings. The van der Waals surface area contributed by atoms with Crippen molar-refractivity contribution >= 4 is 45.3 Å². The van der Waals surface area contributed by atoms with E-state index in [1.165, 1.54) is 13.3 Å². The minimum Gasteiger partial charge on any atom is -0.493 e. The van der Waals surface area contributed by atoms with Crippen LogP contribution < -0.4 is 9.47 Å². The number of methoxy groups -OCH3 is 1. The van der Waals surface area contributed by atoms with E-state index in [0.717, 1.165) is 5.56 Å². The molecule has 0 spiro atoms. The molecule has 0 aliphatic heterocycles. The van der Waals surface area contributed by atoms with E-state index in [0.29, 0.717) is 31.6 Å². The first-order valence-corrected chi connectivity index (χ1v) is 7.71. The molecule has 0 unspecified atom stereocenters. The molecular weight excluding hydrogens is 393 g/mol. The normalized spacial score (nSPS) is 10.9. The number of oxime groups is 1. The molecule has 0 heterocycles. The van der Waals surface area contributed by atoms with Crippen molar-refractivity contribution < 1.29 is 14.7 Å². The van der Waals surface area contributed by atoms with Crippen LogP contribution in [0, 0.1) is 0 Å². The van der Waals surface area contributed by atoms with E-state index in [4.69, 9.17) is 37.9 Å². The maximum absolute atomic E-state index is 8.61. The number of nitrogens with zero attached hydrogens (tertiary/aromatic N) is 1. The van der Waals surface area contributed by atoms with Gasteiger partial charge in [-0.2, -0.15) is 0 Å². The third-order valence-electron chi connectivity index (χ3n) is 2.85. The maximum Gasteiger partial charge on any atom is 0.175 e. The van der Waals surface area contributed by atoms with Crippen LogP contribution >= 0.6 is 39.1 Å². The summed E-state index contributed by atoms with van der Waals surface area (Å²) in [6.07, 6.45) is 1.30. The molecule has 0 aliphatic carbocycles. The lowest BCUT2D eigenvalue weighted by Gasteiger charge is -2.14. The molecule has 0 saturated carbocycles. The Morgan fingerprint density at radius 2 is 2.05 bits per heavy atom. The summed E-state index contributed by atoms with van der Waals surface area (Å²) in [5.74, 6) is 1.04. The minimum atomic E-state index is 0.262. The Hall–Kier alpha value is -1.43. The van der Waals surface area contributed by atoms with Gasteiger partial charge in [-0.05, 0) is 40.2 Å². The highest BCUT2D eigenvalue weighted by Gasteiger charge is 2.12. The summed E-state index contributed by atoms with van der Waals surface area (Å²) in [7, 11) is 1.53. The second-order valence-electron chi connectivity index (χ2n) is 4.30. The lowest BCUT2D eigenvalue weighted by molar-refractivity contribution is 0.282. The minimum absolute atomic E-state index is 0.262. The van der Waals surface area contributed by atoms with E-state index in [2.05, 4.69) is 21.1 Å². The van der Waals surface area contributed by atoms with Crippen molar-refractivity contribution in [2.45, 2.75) is 6.61 Å². The van der Waals surface area contributed by atoms with Gasteiger partial charge in [-0.3, -0.25) is 0 Å². The van der Waals surface area contributed by atoms with Crippen LogP contribution in [0.3, 0.4) is 0 Å². The first kappa shape index (κ1) is 16.9. The third kappa shape index (κ3) is 4.06. The summed E-state index contributed by atoms with van der Waals surface area (Å²) in [5, 5.41) is 12.7. The average Bonchev–Trinajstić information content (AvgIpc) is 2.47. The monoisotopic (exact) mass is 403 g/mol. The van der Waals surface area contributed by atoms with Gasteiger partial charge in [0.15, 0.2) is 11.5 Å². The number of hydrogen-bond acceptors (Lipinski definition) is 4. The molecule has 0 bridgehead atoms. The summed E-state index contributed by atoms with van der Waals surface area (Å²) >= 11 is 15.4. The Labute approximate surface area is 146 Å². The molecule has 0 amide bonds. The van der Waals surface area contributed by atoms with Crippen molar-refractivity contribution in [1.82, 2.24) is 0 Å². The molecule has 0 radical (unpaired) electrons. The van der Waals surface area contributed by atoms with Crippen LogP contribution in [0.15, 0.2) is 40.0 Å². The first-order chi connectivity index (χ1) is 10.5. The summed E-state index contributed by atoms with van der Waals surface area (Å²) in [6, 6.07) is 8.66. The standard InChI is InChI=1S/C15H12BrCl2NO3/c1-21-14-5-9(7-19-20)4-12(16)15(14)22-8-10-2-3-11(17)6-13(10)18/h2-7,20H,8H2,1H3/b19-7+. The number of hydrogen-bond donors (Lipinski definition) is 1. The summed E-state index contributed by atoms with van der Waals surface area (Å²) in [6.45, 7) is 0.262. The van der Waals surface area contributed by atoms with E-state index in [-0.39, 0.29) is 6.61 Å². The van der Waals surface area contributed by atoms with Crippen molar-refractivity contribution in [3.63, 3.8) is 0 Å². The predicted octanol–water partition coefficient (Wildman–Crippen LogP) is 5.15. The van der Waals surface area contributed by atoms with Gasteiger partial charge in [-0.25, -0.2) is 0 Å². The van der Waals surface area contributed by atoms with Crippen LogP contribution in [0.2, 0.25) is 10.0 Å². The maximum atomic E-state index is 8.61. The lowest BCUT2D eigenvalue weighted by atomic mass is 10.2. The molecule has 0 aromatic heterocycles. The van der Waals surface area contributed by atoms with Gasteiger partial charge in [0.2, 0.25) is 0 Å². The van der Waals surface area contributed by atoms with Gasteiger partial charge in [-0.15, -0.1) is 0 Å². The van der Waals surface area contributed by atoms with Crippen molar-refractivity contribution in [3.8, 4) is 11.5 Å². The number of halogens is 3. The van der Waals surface area contributed by atoms with Crippen LogP contribution in [0.5, 0.6) is 11.5 Å². The first-order valence-electron chi connectivity index (χ1n) is 6.17. The van der Waals surface area contributed by atoms with Crippen molar-refractivity contribution in [1.29, 1.82) is 0 Å². The molecule has 2 aromatic carbocycles. The van der Waals surface area contributed by atoms with Gasteiger partial charge in [0.25, 0.3) is 0 Å². The zero-order chi connectivity index (χ0) is 16.1. The summed E-state index contributed by atoms with van der Waals surface area (Å²) in [4.78, 5) is 0. The molecule has 4 nitrogen and oxygen atoms in total. The molecule has 2 rings (SSSR count). The average molecular weight is 405 g/mol. The third-order valence-corrected chi connectivity index (χ3v) is 4.02. The number of rotatable bonds is 5.